The molecular formula is C11H21N3O2S. The van der Waals surface area contributed by atoms with E-state index in [0.29, 0.717) is 25.6 Å². The van der Waals surface area contributed by atoms with Crippen molar-refractivity contribution in [1.82, 2.24) is 15.1 Å². The number of sulfone groups is 1. The monoisotopic (exact) mass is 259 g/mol. The first-order valence-electron chi connectivity index (χ1n) is 5.81. The van der Waals surface area contributed by atoms with Crippen LogP contribution >= 0.6 is 0 Å². The zero-order valence-corrected chi connectivity index (χ0v) is 11.5. The fourth-order valence-corrected chi connectivity index (χ4v) is 2.10. The summed E-state index contributed by atoms with van der Waals surface area (Å²) in [5.41, 5.74) is 0.984. The molecule has 0 atom stereocenters. The molecule has 0 aliphatic heterocycles. The summed E-state index contributed by atoms with van der Waals surface area (Å²) < 4.78 is 23.7. The molecule has 0 radical (unpaired) electrons. The molecule has 0 unspecified atom stereocenters. The van der Waals surface area contributed by atoms with Crippen molar-refractivity contribution in [2.75, 3.05) is 18.6 Å². The molecule has 0 spiro atoms. The smallest absolute Gasteiger partial charge is 0.147 e. The molecule has 0 aliphatic carbocycles. The largest absolute Gasteiger partial charge is 0.311 e. The van der Waals surface area contributed by atoms with Gasteiger partial charge in [-0.15, -0.1) is 0 Å². The van der Waals surface area contributed by atoms with E-state index in [4.69, 9.17) is 0 Å². The molecule has 17 heavy (non-hydrogen) atoms. The Morgan fingerprint density at radius 3 is 2.71 bits per heavy atom. The quantitative estimate of drug-likeness (QED) is 0.742. The van der Waals surface area contributed by atoms with Gasteiger partial charge in [0.05, 0.1) is 11.4 Å². The van der Waals surface area contributed by atoms with Crippen LogP contribution in [0.4, 0.5) is 0 Å². The van der Waals surface area contributed by atoms with Crippen LogP contribution in [0.2, 0.25) is 0 Å². The lowest BCUT2D eigenvalue weighted by molar-refractivity contribution is 0.521. The molecule has 6 heteroatoms. The summed E-state index contributed by atoms with van der Waals surface area (Å²) in [5.74, 6) is 0.237. The molecule has 1 heterocycles. The van der Waals surface area contributed by atoms with Gasteiger partial charge in [-0.05, 0) is 32.9 Å². The van der Waals surface area contributed by atoms with Gasteiger partial charge in [0, 0.05) is 25.0 Å². The molecule has 0 fully saturated rings. The second-order valence-electron chi connectivity index (χ2n) is 4.54. The third-order valence-corrected chi connectivity index (χ3v) is 3.40. The van der Waals surface area contributed by atoms with Gasteiger partial charge >= 0.3 is 0 Å². The topological polar surface area (TPSA) is 64.0 Å². The minimum absolute atomic E-state index is 0.237. The van der Waals surface area contributed by atoms with E-state index < -0.39 is 9.84 Å². The lowest BCUT2D eigenvalue weighted by Gasteiger charge is -2.04. The van der Waals surface area contributed by atoms with E-state index in [1.54, 1.807) is 0 Å². The van der Waals surface area contributed by atoms with E-state index in [2.05, 4.69) is 24.3 Å². The van der Waals surface area contributed by atoms with Crippen LogP contribution in [0.3, 0.4) is 0 Å². The van der Waals surface area contributed by atoms with Crippen LogP contribution < -0.4 is 5.32 Å². The van der Waals surface area contributed by atoms with Crippen LogP contribution in [0.5, 0.6) is 0 Å². The molecule has 0 aromatic carbocycles. The molecule has 1 aromatic rings. The maximum absolute atomic E-state index is 10.9. The standard InChI is InChI=1S/C11H21N3O2S/c1-10(2)14-7-5-11(13-14)9-12-6-4-8-17(3,15)16/h5,7,10,12H,4,6,8-9H2,1-3H3. The minimum atomic E-state index is -2.84. The van der Waals surface area contributed by atoms with Crippen molar-refractivity contribution in [3.8, 4) is 0 Å². The van der Waals surface area contributed by atoms with Crippen LogP contribution in [0.1, 0.15) is 32.0 Å². The Balaban J connectivity index is 2.22. The summed E-state index contributed by atoms with van der Waals surface area (Å²) in [5, 5.41) is 7.58. The van der Waals surface area contributed by atoms with Gasteiger partial charge in [0.15, 0.2) is 0 Å². The lowest BCUT2D eigenvalue weighted by atomic mass is 10.4. The zero-order chi connectivity index (χ0) is 12.9. The normalized spacial score (nSPS) is 12.2. The molecular weight excluding hydrogens is 238 g/mol. The molecule has 0 aliphatic rings. The number of aromatic nitrogens is 2. The van der Waals surface area contributed by atoms with Gasteiger partial charge in [-0.1, -0.05) is 0 Å². The molecule has 0 saturated carbocycles. The van der Waals surface area contributed by atoms with Gasteiger partial charge in [-0.25, -0.2) is 8.42 Å². The first-order chi connectivity index (χ1) is 7.88. The Morgan fingerprint density at radius 2 is 2.18 bits per heavy atom. The van der Waals surface area contributed by atoms with Crippen LogP contribution in [0.15, 0.2) is 12.3 Å². The van der Waals surface area contributed by atoms with Crippen LogP contribution in [0, 0.1) is 0 Å². The Kier molecular flexibility index (Phi) is 5.14. The molecule has 1 aromatic heterocycles. The van der Waals surface area contributed by atoms with Crippen LogP contribution in [-0.4, -0.2) is 36.8 Å². The Labute approximate surface area is 103 Å². The van der Waals surface area contributed by atoms with E-state index in [-0.39, 0.29) is 5.75 Å². The highest BCUT2D eigenvalue weighted by atomic mass is 32.2. The maximum Gasteiger partial charge on any atom is 0.147 e. The van der Waals surface area contributed by atoms with Crippen molar-refractivity contribution in [3.05, 3.63) is 18.0 Å². The zero-order valence-electron chi connectivity index (χ0n) is 10.7. The first kappa shape index (κ1) is 14.2. The summed E-state index contributed by atoms with van der Waals surface area (Å²) >= 11 is 0. The summed E-state index contributed by atoms with van der Waals surface area (Å²) in [4.78, 5) is 0. The predicted octanol–water partition coefficient (Wildman–Crippen LogP) is 0.988. The number of rotatable bonds is 7. The van der Waals surface area contributed by atoms with E-state index in [1.165, 1.54) is 6.26 Å². The molecule has 98 valence electrons. The maximum atomic E-state index is 10.9. The van der Waals surface area contributed by atoms with Gasteiger partial charge < -0.3 is 5.32 Å². The third-order valence-electron chi connectivity index (χ3n) is 2.37. The summed E-state index contributed by atoms with van der Waals surface area (Å²) in [6.45, 7) is 5.54. The Morgan fingerprint density at radius 1 is 1.47 bits per heavy atom. The Hall–Kier alpha value is -0.880. The summed E-state index contributed by atoms with van der Waals surface area (Å²) in [6.07, 6.45) is 3.86. The highest BCUT2D eigenvalue weighted by Crippen LogP contribution is 2.03. The molecule has 1 N–H and O–H groups in total. The molecule has 5 nitrogen and oxygen atoms in total. The number of nitrogens with one attached hydrogen (secondary N) is 1. The predicted molar refractivity (Wildman–Crippen MR) is 68.6 cm³/mol. The second kappa shape index (κ2) is 6.16. The van der Waals surface area contributed by atoms with Crippen molar-refractivity contribution >= 4 is 9.84 Å². The van der Waals surface area contributed by atoms with E-state index in [9.17, 15) is 8.42 Å². The van der Waals surface area contributed by atoms with Crippen LogP contribution in [-0.2, 0) is 16.4 Å². The minimum Gasteiger partial charge on any atom is -0.311 e. The molecule has 0 saturated heterocycles. The SMILES string of the molecule is CC(C)n1ccc(CNCCCS(C)(=O)=O)n1. The average Bonchev–Trinajstić information content (AvgIpc) is 2.64. The first-order valence-corrected chi connectivity index (χ1v) is 7.87. The van der Waals surface area contributed by atoms with Crippen molar-refractivity contribution < 1.29 is 8.42 Å². The average molecular weight is 259 g/mol. The number of nitrogens with zero attached hydrogens (tertiary/aromatic N) is 2. The molecule has 0 bridgehead atoms. The van der Waals surface area contributed by atoms with Crippen LogP contribution in [0.25, 0.3) is 0 Å². The van der Waals surface area contributed by atoms with Crippen molar-refractivity contribution in [3.63, 3.8) is 0 Å². The highest BCUT2D eigenvalue weighted by molar-refractivity contribution is 7.90. The number of hydrogen-bond acceptors (Lipinski definition) is 4. The van der Waals surface area contributed by atoms with Gasteiger partial charge in [0.2, 0.25) is 0 Å². The Bertz CT molecular complexity index is 437. The fourth-order valence-electron chi connectivity index (χ4n) is 1.44. The van der Waals surface area contributed by atoms with Crippen molar-refractivity contribution in [2.45, 2.75) is 32.9 Å². The lowest BCUT2D eigenvalue weighted by Crippen LogP contribution is -2.18. The molecule has 0 amide bonds. The van der Waals surface area contributed by atoms with E-state index >= 15 is 0 Å². The summed E-state index contributed by atoms with van der Waals surface area (Å²) in [6, 6.07) is 2.35. The van der Waals surface area contributed by atoms with E-state index in [0.717, 1.165) is 5.69 Å². The second-order valence-corrected chi connectivity index (χ2v) is 6.80. The van der Waals surface area contributed by atoms with Crippen molar-refractivity contribution in [1.29, 1.82) is 0 Å². The van der Waals surface area contributed by atoms with Crippen molar-refractivity contribution in [2.24, 2.45) is 0 Å². The number of hydrogen-bond donors (Lipinski definition) is 1. The van der Waals surface area contributed by atoms with Gasteiger partial charge in [-0.2, -0.15) is 5.10 Å². The fraction of sp³-hybridized carbons (Fsp3) is 0.727. The van der Waals surface area contributed by atoms with Gasteiger partial charge in [0.1, 0.15) is 9.84 Å². The van der Waals surface area contributed by atoms with Gasteiger partial charge in [0.25, 0.3) is 0 Å². The summed E-state index contributed by atoms with van der Waals surface area (Å²) in [7, 11) is -2.84. The molecule has 1 rings (SSSR count). The van der Waals surface area contributed by atoms with Gasteiger partial charge in [-0.3, -0.25) is 4.68 Å². The van der Waals surface area contributed by atoms with E-state index in [1.807, 2.05) is 16.9 Å². The highest BCUT2D eigenvalue weighted by Gasteiger charge is 2.03. The third kappa shape index (κ3) is 5.83.